The monoisotopic (exact) mass is 340 g/mol. The molecule has 0 aromatic carbocycles. The first-order valence-corrected chi connectivity index (χ1v) is 10.9. The predicted molar refractivity (Wildman–Crippen MR) is 95.3 cm³/mol. The van der Waals surface area contributed by atoms with Gasteiger partial charge in [0.2, 0.25) is 0 Å². The van der Waals surface area contributed by atoms with Gasteiger partial charge in [-0.2, -0.15) is 0 Å². The van der Waals surface area contributed by atoms with Crippen LogP contribution in [0.15, 0.2) is 0 Å². The Morgan fingerprint density at radius 2 is 1.10 bits per heavy atom. The van der Waals surface area contributed by atoms with E-state index in [9.17, 15) is 0 Å². The molecular formula is C18H40FeSi. The van der Waals surface area contributed by atoms with E-state index in [1.807, 2.05) is 0 Å². The van der Waals surface area contributed by atoms with Crippen molar-refractivity contribution in [1.29, 1.82) is 0 Å². The van der Waals surface area contributed by atoms with Crippen LogP contribution in [0.3, 0.4) is 0 Å². The molecule has 0 spiro atoms. The molecule has 0 unspecified atom stereocenters. The standard InChI is InChI=1S/C9H18.C7H16Si.2CH3.Fe/c1-9(2,3)8-6-4-5-7-8;1-8(2)7-5-3-4-6-7;;;/h8H,4-7H2,1-3H3;7-8H,3-6H2,1-2H3;2*1H3;/q;;2*-1;+2. The molecule has 2 saturated carbocycles. The summed E-state index contributed by atoms with van der Waals surface area (Å²) in [6.07, 6.45) is 12.1. The summed E-state index contributed by atoms with van der Waals surface area (Å²) in [6, 6.07) is 0. The second kappa shape index (κ2) is 12.3. The van der Waals surface area contributed by atoms with E-state index in [1.54, 1.807) is 12.8 Å². The Hall–Kier alpha value is 0.736. The minimum absolute atomic E-state index is 0. The fourth-order valence-electron chi connectivity index (χ4n) is 3.42. The SMILES string of the molecule is CC(C)(C)C1CCCC1.C[SiH](C)C1CCCC1.[CH3-].[CH3-].[Fe+2]. The van der Waals surface area contributed by atoms with Crippen molar-refractivity contribution in [1.82, 2.24) is 0 Å². The van der Waals surface area contributed by atoms with Gasteiger partial charge in [0.1, 0.15) is 0 Å². The van der Waals surface area contributed by atoms with Gasteiger partial charge in [0.05, 0.1) is 0 Å². The van der Waals surface area contributed by atoms with Crippen LogP contribution in [-0.4, -0.2) is 8.80 Å². The first-order chi connectivity index (χ1) is 7.91. The van der Waals surface area contributed by atoms with Crippen LogP contribution in [0.1, 0.15) is 72.1 Å². The zero-order chi connectivity index (χ0) is 12.9. The van der Waals surface area contributed by atoms with Crippen molar-refractivity contribution in [3.05, 3.63) is 14.9 Å². The Bertz CT molecular complexity index is 196. The van der Waals surface area contributed by atoms with Gasteiger partial charge in [-0.05, 0) is 29.7 Å². The molecule has 0 saturated heterocycles. The van der Waals surface area contributed by atoms with E-state index >= 15 is 0 Å². The van der Waals surface area contributed by atoms with Gasteiger partial charge >= 0.3 is 17.1 Å². The van der Waals surface area contributed by atoms with E-state index in [0.29, 0.717) is 5.41 Å². The summed E-state index contributed by atoms with van der Waals surface area (Å²) >= 11 is 0. The van der Waals surface area contributed by atoms with Crippen LogP contribution in [0.4, 0.5) is 0 Å². The molecule has 0 N–H and O–H groups in total. The van der Waals surface area contributed by atoms with Gasteiger partial charge in [-0.1, -0.05) is 72.4 Å². The Labute approximate surface area is 143 Å². The van der Waals surface area contributed by atoms with Crippen molar-refractivity contribution in [3.8, 4) is 0 Å². The molecule has 0 aromatic rings. The first-order valence-electron chi connectivity index (χ1n) is 7.91. The molecule has 20 heavy (non-hydrogen) atoms. The quantitative estimate of drug-likeness (QED) is 0.375. The molecule has 0 bridgehead atoms. The molecule has 2 heteroatoms. The third-order valence-electron chi connectivity index (χ3n) is 4.92. The van der Waals surface area contributed by atoms with Gasteiger partial charge in [-0.3, -0.25) is 0 Å². The van der Waals surface area contributed by atoms with Crippen molar-refractivity contribution >= 4 is 8.80 Å². The topological polar surface area (TPSA) is 0 Å². The van der Waals surface area contributed by atoms with Crippen molar-refractivity contribution in [3.63, 3.8) is 0 Å². The largest absolute Gasteiger partial charge is 2.00 e. The third kappa shape index (κ3) is 9.63. The van der Waals surface area contributed by atoms with E-state index in [0.717, 1.165) is 5.92 Å². The van der Waals surface area contributed by atoms with Crippen molar-refractivity contribution < 1.29 is 17.1 Å². The summed E-state index contributed by atoms with van der Waals surface area (Å²) in [5.41, 5.74) is 1.78. The minimum Gasteiger partial charge on any atom is -0.358 e. The average Bonchev–Trinajstić information content (AvgIpc) is 2.92. The Kier molecular flexibility index (Phi) is 15.8. The molecule has 0 amide bonds. The van der Waals surface area contributed by atoms with Crippen molar-refractivity contribution in [2.75, 3.05) is 0 Å². The Balaban J connectivity index is -0.000000252. The summed E-state index contributed by atoms with van der Waals surface area (Å²) in [5, 5.41) is 0. The molecule has 2 fully saturated rings. The minimum atomic E-state index is -0.223. The van der Waals surface area contributed by atoms with Crippen LogP contribution in [0, 0.1) is 26.2 Å². The van der Waals surface area contributed by atoms with Gasteiger partial charge in [-0.25, -0.2) is 0 Å². The zero-order valence-corrected chi connectivity index (χ0v) is 17.5. The Morgan fingerprint density at radius 3 is 1.30 bits per heavy atom. The smallest absolute Gasteiger partial charge is 0.358 e. The zero-order valence-electron chi connectivity index (χ0n) is 15.2. The molecule has 0 aliphatic heterocycles. The van der Waals surface area contributed by atoms with E-state index in [4.69, 9.17) is 0 Å². The predicted octanol–water partition coefficient (Wildman–Crippen LogP) is 6.54. The maximum absolute atomic E-state index is 2.48. The maximum atomic E-state index is 2.48. The van der Waals surface area contributed by atoms with Crippen molar-refractivity contribution in [2.45, 2.75) is 90.8 Å². The van der Waals surface area contributed by atoms with Crippen LogP contribution >= 0.6 is 0 Å². The summed E-state index contributed by atoms with van der Waals surface area (Å²) in [6.45, 7) is 12.1. The molecule has 0 radical (unpaired) electrons. The summed E-state index contributed by atoms with van der Waals surface area (Å²) < 4.78 is 0. The summed E-state index contributed by atoms with van der Waals surface area (Å²) in [5.74, 6) is 1.01. The van der Waals surface area contributed by atoms with E-state index < -0.39 is 0 Å². The second-order valence-corrected chi connectivity index (χ2v) is 11.1. The molecule has 0 atom stereocenters. The fourth-order valence-corrected chi connectivity index (χ4v) is 5.22. The Morgan fingerprint density at radius 1 is 0.750 bits per heavy atom. The average molecular weight is 340 g/mol. The third-order valence-corrected chi connectivity index (χ3v) is 7.47. The maximum Gasteiger partial charge on any atom is 2.00 e. The second-order valence-electron chi connectivity index (χ2n) is 7.64. The molecule has 124 valence electrons. The summed E-state index contributed by atoms with van der Waals surface area (Å²) in [4.78, 5) is 0. The molecule has 0 aromatic heterocycles. The van der Waals surface area contributed by atoms with E-state index in [2.05, 4.69) is 33.9 Å². The normalized spacial score (nSPS) is 19.5. The van der Waals surface area contributed by atoms with E-state index in [-0.39, 0.29) is 40.7 Å². The van der Waals surface area contributed by atoms with Crippen molar-refractivity contribution in [2.24, 2.45) is 11.3 Å². The van der Waals surface area contributed by atoms with Gasteiger partial charge < -0.3 is 14.9 Å². The van der Waals surface area contributed by atoms with Crippen LogP contribution in [-0.2, 0) is 17.1 Å². The molecule has 0 heterocycles. The fraction of sp³-hybridized carbons (Fsp3) is 0.889. The number of hydrogen-bond donors (Lipinski definition) is 0. The van der Waals surface area contributed by atoms with Gasteiger partial charge in [-0.15, -0.1) is 0 Å². The van der Waals surface area contributed by atoms with Gasteiger partial charge in [0.15, 0.2) is 0 Å². The molecule has 2 aliphatic rings. The number of hydrogen-bond acceptors (Lipinski definition) is 0. The van der Waals surface area contributed by atoms with Crippen LogP contribution < -0.4 is 0 Å². The van der Waals surface area contributed by atoms with Crippen LogP contribution in [0.2, 0.25) is 18.6 Å². The number of rotatable bonds is 1. The van der Waals surface area contributed by atoms with Crippen LogP contribution in [0.25, 0.3) is 0 Å². The molecule has 0 nitrogen and oxygen atoms in total. The molecule has 2 rings (SSSR count). The molecule has 2 aliphatic carbocycles. The molecular weight excluding hydrogens is 300 g/mol. The first kappa shape index (κ1) is 25.7. The summed E-state index contributed by atoms with van der Waals surface area (Å²) in [7, 11) is -0.223. The van der Waals surface area contributed by atoms with E-state index in [1.165, 1.54) is 44.1 Å². The van der Waals surface area contributed by atoms with Gasteiger partial charge in [0, 0.05) is 8.80 Å². The van der Waals surface area contributed by atoms with Gasteiger partial charge in [0.25, 0.3) is 0 Å². The van der Waals surface area contributed by atoms with Crippen LogP contribution in [0.5, 0.6) is 0 Å².